The first-order chi connectivity index (χ1) is 13.5. The second kappa shape index (κ2) is 11.5. The van der Waals surface area contributed by atoms with Gasteiger partial charge in [0.1, 0.15) is 5.75 Å². The molecule has 0 aromatic heterocycles. The van der Waals surface area contributed by atoms with Crippen molar-refractivity contribution in [3.63, 3.8) is 0 Å². The lowest BCUT2D eigenvalue weighted by atomic mass is 10.1. The fourth-order valence-electron chi connectivity index (χ4n) is 2.63. The molecule has 1 amide bonds. The van der Waals surface area contributed by atoms with Gasteiger partial charge in [0.25, 0.3) is 0 Å². The summed E-state index contributed by atoms with van der Waals surface area (Å²) in [6.45, 7) is 4.69. The minimum absolute atomic E-state index is 0.0282. The van der Waals surface area contributed by atoms with Crippen molar-refractivity contribution in [1.82, 2.24) is 5.32 Å². The lowest BCUT2D eigenvalue weighted by Gasteiger charge is -2.10. The summed E-state index contributed by atoms with van der Waals surface area (Å²) in [5, 5.41) is 2.97. The number of carbonyl (C=O) groups excluding carboxylic acids is 1. The van der Waals surface area contributed by atoms with E-state index in [1.807, 2.05) is 44.2 Å². The van der Waals surface area contributed by atoms with Crippen LogP contribution < -0.4 is 19.5 Å². The molecule has 0 unspecified atom stereocenters. The van der Waals surface area contributed by atoms with E-state index in [-0.39, 0.29) is 12.0 Å². The average molecular weight is 404 g/mol. The molecule has 2 rings (SSSR count). The van der Waals surface area contributed by atoms with E-state index in [9.17, 15) is 4.79 Å². The van der Waals surface area contributed by atoms with E-state index in [1.165, 1.54) is 17.3 Å². The highest BCUT2D eigenvalue weighted by molar-refractivity contribution is 8.00. The number of aryl methyl sites for hydroxylation is 1. The topological polar surface area (TPSA) is 56.8 Å². The summed E-state index contributed by atoms with van der Waals surface area (Å²) >= 11 is 1.48. The van der Waals surface area contributed by atoms with Crippen LogP contribution in [0.3, 0.4) is 0 Å². The minimum atomic E-state index is 0.0282. The summed E-state index contributed by atoms with van der Waals surface area (Å²) in [5.41, 5.74) is 1.24. The van der Waals surface area contributed by atoms with Crippen LogP contribution in [0.5, 0.6) is 17.2 Å². The fraction of sp³-hybridized carbons (Fsp3) is 0.409. The zero-order valence-electron chi connectivity index (χ0n) is 17.0. The first-order valence-electron chi connectivity index (χ1n) is 9.39. The van der Waals surface area contributed by atoms with Gasteiger partial charge in [0, 0.05) is 11.4 Å². The van der Waals surface area contributed by atoms with Crippen LogP contribution in [0.4, 0.5) is 0 Å². The quantitative estimate of drug-likeness (QED) is 0.447. The van der Waals surface area contributed by atoms with Gasteiger partial charge in [-0.3, -0.25) is 4.79 Å². The Morgan fingerprint density at radius 1 is 1.04 bits per heavy atom. The van der Waals surface area contributed by atoms with Crippen molar-refractivity contribution in [2.45, 2.75) is 37.7 Å². The van der Waals surface area contributed by atoms with Crippen LogP contribution >= 0.6 is 11.8 Å². The smallest absolute Gasteiger partial charge is 0.230 e. The highest BCUT2D eigenvalue weighted by Crippen LogP contribution is 2.31. The number of carbonyl (C=O) groups is 1. The number of ether oxygens (including phenoxy) is 3. The Kier molecular flexibility index (Phi) is 9.01. The van der Waals surface area contributed by atoms with Crippen molar-refractivity contribution < 1.29 is 19.0 Å². The highest BCUT2D eigenvalue weighted by atomic mass is 32.2. The second-order valence-corrected chi connectivity index (χ2v) is 7.62. The van der Waals surface area contributed by atoms with Gasteiger partial charge in [0.2, 0.25) is 5.91 Å². The van der Waals surface area contributed by atoms with E-state index in [2.05, 4.69) is 17.4 Å². The van der Waals surface area contributed by atoms with E-state index in [4.69, 9.17) is 14.2 Å². The van der Waals surface area contributed by atoms with Gasteiger partial charge in [0.05, 0.1) is 26.1 Å². The molecule has 0 aliphatic heterocycles. The van der Waals surface area contributed by atoms with Gasteiger partial charge in [-0.05, 0) is 62.6 Å². The SMILES string of the molecule is COc1ccc(SCC(=O)NCCCc2ccc(OC(C)C)cc2)cc1OC. The van der Waals surface area contributed by atoms with Gasteiger partial charge < -0.3 is 19.5 Å². The Labute approximate surface area is 171 Å². The number of hydrogen-bond donors (Lipinski definition) is 1. The third kappa shape index (κ3) is 7.35. The van der Waals surface area contributed by atoms with Gasteiger partial charge in [-0.15, -0.1) is 11.8 Å². The summed E-state index contributed by atoms with van der Waals surface area (Å²) in [6.07, 6.45) is 2.00. The predicted molar refractivity (Wildman–Crippen MR) is 114 cm³/mol. The number of rotatable bonds is 11. The Balaban J connectivity index is 1.67. The molecular weight excluding hydrogens is 374 g/mol. The van der Waals surface area contributed by atoms with Crippen LogP contribution in [0, 0.1) is 0 Å². The van der Waals surface area contributed by atoms with Crippen LogP contribution in [0.1, 0.15) is 25.8 Å². The Bertz CT molecular complexity index is 747. The van der Waals surface area contributed by atoms with Crippen molar-refractivity contribution in [3.05, 3.63) is 48.0 Å². The van der Waals surface area contributed by atoms with Crippen LogP contribution in [0.15, 0.2) is 47.4 Å². The van der Waals surface area contributed by atoms with Crippen molar-refractivity contribution in [2.75, 3.05) is 26.5 Å². The molecule has 28 heavy (non-hydrogen) atoms. The van der Waals surface area contributed by atoms with Gasteiger partial charge in [0.15, 0.2) is 11.5 Å². The molecule has 0 aliphatic rings. The number of benzene rings is 2. The fourth-order valence-corrected chi connectivity index (χ4v) is 3.39. The summed E-state index contributed by atoms with van der Waals surface area (Å²) in [5.74, 6) is 2.63. The molecule has 1 N–H and O–H groups in total. The molecule has 0 atom stereocenters. The first kappa shape index (κ1) is 22.0. The molecule has 0 radical (unpaired) electrons. The number of nitrogens with one attached hydrogen (secondary N) is 1. The van der Waals surface area contributed by atoms with Gasteiger partial charge >= 0.3 is 0 Å². The third-order valence-electron chi connectivity index (χ3n) is 3.98. The highest BCUT2D eigenvalue weighted by Gasteiger charge is 2.07. The number of methoxy groups -OCH3 is 2. The van der Waals surface area contributed by atoms with Crippen molar-refractivity contribution in [3.8, 4) is 17.2 Å². The van der Waals surface area contributed by atoms with Gasteiger partial charge in [-0.2, -0.15) is 0 Å². The van der Waals surface area contributed by atoms with E-state index < -0.39 is 0 Å². The molecular formula is C22H29NO4S. The van der Waals surface area contributed by atoms with Crippen LogP contribution in [0.2, 0.25) is 0 Å². The summed E-state index contributed by atoms with van der Waals surface area (Å²) in [7, 11) is 3.20. The van der Waals surface area contributed by atoms with Crippen molar-refractivity contribution in [1.29, 1.82) is 0 Å². The maximum Gasteiger partial charge on any atom is 0.230 e. The molecule has 2 aromatic carbocycles. The molecule has 6 heteroatoms. The summed E-state index contributed by atoms with van der Waals surface area (Å²) in [4.78, 5) is 13.0. The molecule has 5 nitrogen and oxygen atoms in total. The van der Waals surface area contributed by atoms with Gasteiger partial charge in [-0.25, -0.2) is 0 Å². The first-order valence-corrected chi connectivity index (χ1v) is 10.4. The van der Waals surface area contributed by atoms with E-state index in [0.717, 1.165) is 23.5 Å². The predicted octanol–water partition coefficient (Wildman–Crippen LogP) is 4.33. The molecule has 0 heterocycles. The van der Waals surface area contributed by atoms with E-state index >= 15 is 0 Å². The molecule has 0 spiro atoms. The standard InChI is InChI=1S/C22H29NO4S/c1-16(2)27-18-9-7-17(8-10-18)6-5-13-23-22(24)15-28-19-11-12-20(25-3)21(14-19)26-4/h7-12,14,16H,5-6,13,15H2,1-4H3,(H,23,24). The average Bonchev–Trinajstić information content (AvgIpc) is 2.70. The van der Waals surface area contributed by atoms with Crippen LogP contribution in [-0.2, 0) is 11.2 Å². The lowest BCUT2D eigenvalue weighted by molar-refractivity contribution is -0.118. The zero-order chi connectivity index (χ0) is 20.4. The monoisotopic (exact) mass is 403 g/mol. The van der Waals surface area contributed by atoms with Crippen molar-refractivity contribution >= 4 is 17.7 Å². The van der Waals surface area contributed by atoms with E-state index in [1.54, 1.807) is 14.2 Å². The van der Waals surface area contributed by atoms with Gasteiger partial charge in [-0.1, -0.05) is 12.1 Å². The van der Waals surface area contributed by atoms with Crippen molar-refractivity contribution in [2.24, 2.45) is 0 Å². The summed E-state index contributed by atoms with van der Waals surface area (Å²) < 4.78 is 16.1. The molecule has 2 aromatic rings. The lowest BCUT2D eigenvalue weighted by Crippen LogP contribution is -2.26. The Morgan fingerprint density at radius 3 is 2.39 bits per heavy atom. The van der Waals surface area contributed by atoms with Crippen LogP contribution in [-0.4, -0.2) is 38.5 Å². The van der Waals surface area contributed by atoms with Crippen LogP contribution in [0.25, 0.3) is 0 Å². The molecule has 0 saturated carbocycles. The second-order valence-electron chi connectivity index (χ2n) is 6.57. The maximum absolute atomic E-state index is 12.0. The molecule has 0 aliphatic carbocycles. The molecule has 0 bridgehead atoms. The Hall–Kier alpha value is -2.34. The normalized spacial score (nSPS) is 10.6. The molecule has 0 saturated heterocycles. The largest absolute Gasteiger partial charge is 0.493 e. The molecule has 0 fully saturated rings. The van der Waals surface area contributed by atoms with E-state index in [0.29, 0.717) is 23.8 Å². The molecule has 152 valence electrons. The number of hydrogen-bond acceptors (Lipinski definition) is 5. The maximum atomic E-state index is 12.0. The number of amides is 1. The number of thioether (sulfide) groups is 1. The summed E-state index contributed by atoms with van der Waals surface area (Å²) in [6, 6.07) is 13.8. The zero-order valence-corrected chi connectivity index (χ0v) is 17.8. The third-order valence-corrected chi connectivity index (χ3v) is 4.98. The Morgan fingerprint density at radius 2 is 1.75 bits per heavy atom. The minimum Gasteiger partial charge on any atom is -0.493 e.